The average molecular weight is 353 g/mol. The summed E-state index contributed by atoms with van der Waals surface area (Å²) < 4.78 is 3.30. The monoisotopic (exact) mass is 353 g/mol. The molecule has 134 valence electrons. The highest BCUT2D eigenvalue weighted by Gasteiger charge is 2.27. The molecule has 0 spiro atoms. The molecule has 26 heavy (non-hydrogen) atoms. The quantitative estimate of drug-likeness (QED) is 0.544. The Kier molecular flexibility index (Phi) is 4.83. The van der Waals surface area contributed by atoms with Gasteiger partial charge < -0.3 is 9.88 Å². The highest BCUT2D eigenvalue weighted by atomic mass is 16.6. The summed E-state index contributed by atoms with van der Waals surface area (Å²) in [5.74, 6) is -0.519. The first-order valence-electron chi connectivity index (χ1n) is 8.25. The van der Waals surface area contributed by atoms with Crippen LogP contribution in [-0.2, 0) is 6.54 Å². The molecular weight excluding hydrogens is 334 g/mol. The summed E-state index contributed by atoms with van der Waals surface area (Å²) in [5, 5.41) is 17.9. The van der Waals surface area contributed by atoms with Gasteiger partial charge in [0.1, 0.15) is 6.20 Å². The van der Waals surface area contributed by atoms with Crippen LogP contribution in [0.25, 0.3) is 5.69 Å². The van der Waals surface area contributed by atoms with Gasteiger partial charge in [-0.25, -0.2) is 0 Å². The second-order valence-electron chi connectivity index (χ2n) is 5.83. The Balaban J connectivity index is 1.84. The maximum absolute atomic E-state index is 12.6. The Hall–Kier alpha value is -3.42. The van der Waals surface area contributed by atoms with Gasteiger partial charge in [-0.2, -0.15) is 5.10 Å². The van der Waals surface area contributed by atoms with E-state index in [2.05, 4.69) is 10.4 Å². The van der Waals surface area contributed by atoms with Crippen molar-refractivity contribution in [1.82, 2.24) is 19.7 Å². The van der Waals surface area contributed by atoms with Crippen LogP contribution in [0.4, 0.5) is 5.69 Å². The van der Waals surface area contributed by atoms with E-state index in [1.54, 1.807) is 6.92 Å². The second kappa shape index (κ2) is 7.22. The van der Waals surface area contributed by atoms with Crippen LogP contribution < -0.4 is 5.32 Å². The smallest absolute Gasteiger partial charge is 0.320 e. The topological polar surface area (TPSA) is 95.0 Å². The van der Waals surface area contributed by atoms with Crippen LogP contribution in [0, 0.1) is 10.1 Å². The van der Waals surface area contributed by atoms with E-state index in [4.69, 9.17) is 0 Å². The number of rotatable bonds is 6. The van der Waals surface area contributed by atoms with E-state index in [0.717, 1.165) is 17.4 Å². The fourth-order valence-electron chi connectivity index (χ4n) is 2.79. The molecule has 2 aromatic heterocycles. The van der Waals surface area contributed by atoms with Crippen molar-refractivity contribution >= 4 is 11.6 Å². The van der Waals surface area contributed by atoms with Gasteiger partial charge in [0.15, 0.2) is 0 Å². The molecule has 3 rings (SSSR count). The van der Waals surface area contributed by atoms with E-state index >= 15 is 0 Å². The van der Waals surface area contributed by atoms with Crippen LogP contribution in [-0.4, -0.2) is 25.2 Å². The van der Waals surface area contributed by atoms with E-state index in [9.17, 15) is 14.9 Å². The lowest BCUT2D eigenvalue weighted by Gasteiger charge is -2.16. The largest absolute Gasteiger partial charge is 0.344 e. The number of nitro groups is 1. The van der Waals surface area contributed by atoms with Gasteiger partial charge >= 0.3 is 5.69 Å². The first-order chi connectivity index (χ1) is 12.5. The fourth-order valence-corrected chi connectivity index (χ4v) is 2.79. The predicted molar refractivity (Wildman–Crippen MR) is 96.2 cm³/mol. The lowest BCUT2D eigenvalue weighted by Crippen LogP contribution is -2.29. The van der Waals surface area contributed by atoms with Gasteiger partial charge in [0.05, 0.1) is 11.0 Å². The van der Waals surface area contributed by atoms with Crippen molar-refractivity contribution in [2.24, 2.45) is 0 Å². The summed E-state index contributed by atoms with van der Waals surface area (Å²) in [5.41, 5.74) is 1.54. The van der Waals surface area contributed by atoms with Crippen LogP contribution in [0.3, 0.4) is 0 Å². The molecule has 0 bridgehead atoms. The Morgan fingerprint density at radius 2 is 2.04 bits per heavy atom. The maximum Gasteiger partial charge on any atom is 0.320 e. The number of aromatic nitrogens is 3. The molecule has 0 saturated heterocycles. The van der Waals surface area contributed by atoms with Crippen molar-refractivity contribution in [2.75, 3.05) is 0 Å². The standard InChI is InChI=1S/C18H19N5O3/c1-3-22-17(16(12-19-22)23(25)26)18(24)20-13(2)14-7-6-8-15(11-14)21-9-4-5-10-21/h4-13H,3H2,1-2H3,(H,20,24). The van der Waals surface area contributed by atoms with Gasteiger partial charge in [0.25, 0.3) is 5.91 Å². The fraction of sp³-hybridized carbons (Fsp3) is 0.222. The zero-order valence-corrected chi connectivity index (χ0v) is 14.5. The van der Waals surface area contributed by atoms with Crippen molar-refractivity contribution < 1.29 is 9.72 Å². The molecule has 8 nitrogen and oxygen atoms in total. The Bertz CT molecular complexity index is 930. The van der Waals surface area contributed by atoms with E-state index in [1.807, 2.05) is 60.3 Å². The van der Waals surface area contributed by atoms with Crippen molar-refractivity contribution in [3.63, 3.8) is 0 Å². The minimum absolute atomic E-state index is 0.0362. The predicted octanol–water partition coefficient (Wildman–Crippen LogP) is 3.09. The highest BCUT2D eigenvalue weighted by Crippen LogP contribution is 2.21. The number of hydrogen-bond acceptors (Lipinski definition) is 4. The van der Waals surface area contributed by atoms with Crippen LogP contribution in [0.15, 0.2) is 55.0 Å². The van der Waals surface area contributed by atoms with Gasteiger partial charge in [0.2, 0.25) is 5.69 Å². The molecular formula is C18H19N5O3. The van der Waals surface area contributed by atoms with E-state index < -0.39 is 10.8 Å². The molecule has 1 N–H and O–H groups in total. The summed E-state index contributed by atoms with van der Waals surface area (Å²) in [7, 11) is 0. The Morgan fingerprint density at radius 3 is 2.69 bits per heavy atom. The molecule has 0 aliphatic carbocycles. The molecule has 1 amide bonds. The summed E-state index contributed by atoms with van der Waals surface area (Å²) >= 11 is 0. The molecule has 0 radical (unpaired) electrons. The Morgan fingerprint density at radius 1 is 1.31 bits per heavy atom. The van der Waals surface area contributed by atoms with Gasteiger partial charge in [0, 0.05) is 24.6 Å². The van der Waals surface area contributed by atoms with Crippen LogP contribution >= 0.6 is 0 Å². The number of benzene rings is 1. The van der Waals surface area contributed by atoms with Crippen LogP contribution in [0.2, 0.25) is 0 Å². The van der Waals surface area contributed by atoms with Gasteiger partial charge in [-0.3, -0.25) is 19.6 Å². The summed E-state index contributed by atoms with van der Waals surface area (Å²) in [4.78, 5) is 23.2. The van der Waals surface area contributed by atoms with Crippen LogP contribution in [0.1, 0.15) is 35.9 Å². The number of hydrogen-bond donors (Lipinski definition) is 1. The van der Waals surface area contributed by atoms with Crippen LogP contribution in [0.5, 0.6) is 0 Å². The lowest BCUT2D eigenvalue weighted by molar-refractivity contribution is -0.385. The molecule has 0 saturated carbocycles. The summed E-state index contributed by atoms with van der Waals surface area (Å²) in [6.45, 7) is 3.98. The first-order valence-corrected chi connectivity index (χ1v) is 8.25. The lowest BCUT2D eigenvalue weighted by atomic mass is 10.1. The molecule has 1 unspecified atom stereocenters. The van der Waals surface area contributed by atoms with Crippen molar-refractivity contribution in [3.05, 3.63) is 76.4 Å². The normalized spacial score (nSPS) is 11.9. The molecule has 3 aromatic rings. The highest BCUT2D eigenvalue weighted by molar-refractivity contribution is 5.96. The number of carbonyl (C=O) groups excluding carboxylic acids is 1. The first kappa shape index (κ1) is 17.4. The Labute approximate surface area is 150 Å². The minimum Gasteiger partial charge on any atom is -0.344 e. The third kappa shape index (κ3) is 3.34. The molecule has 0 aliphatic heterocycles. The number of nitrogens with one attached hydrogen (secondary N) is 1. The SMILES string of the molecule is CCn1ncc([N+](=O)[O-])c1C(=O)NC(C)c1cccc(-n2cccc2)c1. The summed E-state index contributed by atoms with van der Waals surface area (Å²) in [6.07, 6.45) is 4.98. The zero-order chi connectivity index (χ0) is 18.7. The van der Waals surface area contributed by atoms with Gasteiger partial charge in [-0.15, -0.1) is 0 Å². The number of nitrogens with zero attached hydrogens (tertiary/aromatic N) is 4. The second-order valence-corrected chi connectivity index (χ2v) is 5.83. The number of carbonyl (C=O) groups is 1. The van der Waals surface area contributed by atoms with E-state index in [-0.39, 0.29) is 17.4 Å². The average Bonchev–Trinajstić information content (AvgIpc) is 3.31. The third-order valence-corrected chi connectivity index (χ3v) is 4.15. The van der Waals surface area contributed by atoms with Gasteiger partial charge in [-0.1, -0.05) is 12.1 Å². The molecule has 0 aliphatic rings. The van der Waals surface area contributed by atoms with Gasteiger partial charge in [-0.05, 0) is 43.7 Å². The van der Waals surface area contributed by atoms with Crippen molar-refractivity contribution in [2.45, 2.75) is 26.4 Å². The molecule has 8 heteroatoms. The minimum atomic E-state index is -0.592. The molecule has 2 heterocycles. The summed E-state index contributed by atoms with van der Waals surface area (Å²) in [6, 6.07) is 11.3. The third-order valence-electron chi connectivity index (χ3n) is 4.15. The zero-order valence-electron chi connectivity index (χ0n) is 14.5. The molecule has 0 fully saturated rings. The van der Waals surface area contributed by atoms with E-state index in [0.29, 0.717) is 6.54 Å². The number of amides is 1. The molecule has 1 aromatic carbocycles. The maximum atomic E-state index is 12.6. The van der Waals surface area contributed by atoms with E-state index in [1.165, 1.54) is 4.68 Å². The van der Waals surface area contributed by atoms with Crippen molar-refractivity contribution in [1.29, 1.82) is 0 Å². The van der Waals surface area contributed by atoms with Crippen molar-refractivity contribution in [3.8, 4) is 5.69 Å². The molecule has 1 atom stereocenters. The number of aryl methyl sites for hydroxylation is 1.